The Hall–Kier alpha value is -1.90. The van der Waals surface area contributed by atoms with E-state index >= 15 is 0 Å². The smallest absolute Gasteiger partial charge is 0.256 e. The largest absolute Gasteiger partial charge is 0.323 e. The van der Waals surface area contributed by atoms with E-state index < -0.39 is 5.82 Å². The van der Waals surface area contributed by atoms with Gasteiger partial charge in [0.05, 0.1) is 5.57 Å². The summed E-state index contributed by atoms with van der Waals surface area (Å²) in [6.07, 6.45) is 1.54. The summed E-state index contributed by atoms with van der Waals surface area (Å²) >= 11 is 0. The highest BCUT2D eigenvalue weighted by molar-refractivity contribution is 6.23. The van der Waals surface area contributed by atoms with Crippen molar-refractivity contribution in [2.45, 2.75) is 0 Å². The number of amides is 1. The van der Waals surface area contributed by atoms with Crippen molar-refractivity contribution in [3.8, 4) is 0 Å². The number of hydrogen-bond donors (Lipinski definition) is 1. The maximum absolute atomic E-state index is 13.3. The number of carbonyl (C=O) groups is 1. The Morgan fingerprint density at radius 1 is 1.29 bits per heavy atom. The van der Waals surface area contributed by atoms with Gasteiger partial charge >= 0.3 is 0 Å². The molecule has 1 aromatic carbocycles. The number of carbonyl (C=O) groups excluding carboxylic acids is 1. The van der Waals surface area contributed by atoms with Gasteiger partial charge in [0.25, 0.3) is 5.91 Å². The number of benzene rings is 1. The number of rotatable bonds is 1. The molecule has 2 nitrogen and oxygen atoms in total. The van der Waals surface area contributed by atoms with Crippen molar-refractivity contribution >= 4 is 11.5 Å². The lowest BCUT2D eigenvalue weighted by atomic mass is 10.1. The summed E-state index contributed by atoms with van der Waals surface area (Å²) in [4.78, 5) is 11.3. The van der Waals surface area contributed by atoms with Crippen molar-refractivity contribution in [1.29, 1.82) is 0 Å². The first-order valence-corrected chi connectivity index (χ1v) is 4.15. The standard InChI is InChI=1S/C11H8FNO/c1-7-6-9(11(14)13-7)8-4-2-3-5-10(8)12/h2-6H,1H2,(H,13,14). The van der Waals surface area contributed by atoms with Gasteiger partial charge < -0.3 is 5.32 Å². The molecule has 2 rings (SSSR count). The summed E-state index contributed by atoms with van der Waals surface area (Å²) in [5.74, 6) is -0.705. The molecule has 1 amide bonds. The molecule has 0 spiro atoms. The van der Waals surface area contributed by atoms with Gasteiger partial charge in [0.1, 0.15) is 5.82 Å². The Morgan fingerprint density at radius 3 is 2.57 bits per heavy atom. The molecule has 0 aliphatic carbocycles. The molecular formula is C11H8FNO. The molecule has 0 radical (unpaired) electrons. The Bertz CT molecular complexity index is 448. The van der Waals surface area contributed by atoms with Crippen LogP contribution in [-0.2, 0) is 4.79 Å². The fourth-order valence-electron chi connectivity index (χ4n) is 1.37. The van der Waals surface area contributed by atoms with Gasteiger partial charge in [-0.15, -0.1) is 0 Å². The van der Waals surface area contributed by atoms with Crippen LogP contribution in [-0.4, -0.2) is 5.91 Å². The topological polar surface area (TPSA) is 29.1 Å². The van der Waals surface area contributed by atoms with Crippen molar-refractivity contribution < 1.29 is 9.18 Å². The van der Waals surface area contributed by atoms with E-state index in [2.05, 4.69) is 11.9 Å². The maximum atomic E-state index is 13.3. The van der Waals surface area contributed by atoms with Crippen LogP contribution in [0.1, 0.15) is 5.56 Å². The highest BCUT2D eigenvalue weighted by Crippen LogP contribution is 2.23. The van der Waals surface area contributed by atoms with E-state index in [-0.39, 0.29) is 5.91 Å². The van der Waals surface area contributed by atoms with E-state index in [0.717, 1.165) is 0 Å². The molecule has 0 saturated heterocycles. The van der Waals surface area contributed by atoms with E-state index in [9.17, 15) is 9.18 Å². The van der Waals surface area contributed by atoms with Crippen LogP contribution < -0.4 is 5.32 Å². The van der Waals surface area contributed by atoms with Gasteiger partial charge in [-0.1, -0.05) is 24.8 Å². The van der Waals surface area contributed by atoms with Crippen LogP contribution in [0.3, 0.4) is 0 Å². The molecule has 1 aromatic rings. The summed E-state index contributed by atoms with van der Waals surface area (Å²) in [7, 11) is 0. The monoisotopic (exact) mass is 189 g/mol. The minimum atomic E-state index is -0.399. The van der Waals surface area contributed by atoms with Gasteiger partial charge in [-0.3, -0.25) is 4.79 Å². The molecule has 0 atom stereocenters. The van der Waals surface area contributed by atoms with Crippen LogP contribution in [0.15, 0.2) is 42.6 Å². The molecular weight excluding hydrogens is 181 g/mol. The summed E-state index contributed by atoms with van der Waals surface area (Å²) in [6, 6.07) is 6.17. The second-order valence-corrected chi connectivity index (χ2v) is 3.02. The SMILES string of the molecule is C=C1C=C(c2ccccc2F)C(=O)N1. The Kier molecular flexibility index (Phi) is 1.93. The van der Waals surface area contributed by atoms with Crippen LogP contribution in [0, 0.1) is 5.82 Å². The third-order valence-corrected chi connectivity index (χ3v) is 2.00. The van der Waals surface area contributed by atoms with Crippen LogP contribution >= 0.6 is 0 Å². The minimum Gasteiger partial charge on any atom is -0.323 e. The zero-order chi connectivity index (χ0) is 10.1. The first-order chi connectivity index (χ1) is 6.68. The van der Waals surface area contributed by atoms with E-state index in [0.29, 0.717) is 16.8 Å². The van der Waals surface area contributed by atoms with Crippen molar-refractivity contribution in [2.24, 2.45) is 0 Å². The average molecular weight is 189 g/mol. The predicted octanol–water partition coefficient (Wildman–Crippen LogP) is 1.85. The number of halogens is 1. The lowest BCUT2D eigenvalue weighted by Crippen LogP contribution is -2.15. The molecule has 0 bridgehead atoms. The van der Waals surface area contributed by atoms with E-state index in [1.165, 1.54) is 6.07 Å². The molecule has 0 unspecified atom stereocenters. The first kappa shape index (κ1) is 8.69. The molecule has 0 fully saturated rings. The van der Waals surface area contributed by atoms with E-state index in [1.54, 1.807) is 24.3 Å². The number of nitrogens with one attached hydrogen (secondary N) is 1. The molecule has 70 valence electrons. The molecule has 1 aliphatic rings. The van der Waals surface area contributed by atoms with Crippen molar-refractivity contribution in [2.75, 3.05) is 0 Å². The second-order valence-electron chi connectivity index (χ2n) is 3.02. The van der Waals surface area contributed by atoms with Gasteiger partial charge in [0.2, 0.25) is 0 Å². The zero-order valence-electron chi connectivity index (χ0n) is 7.38. The second kappa shape index (κ2) is 3.10. The average Bonchev–Trinajstić information content (AvgIpc) is 2.46. The fraction of sp³-hybridized carbons (Fsp3) is 0. The van der Waals surface area contributed by atoms with Gasteiger partial charge in [-0.25, -0.2) is 4.39 Å². The van der Waals surface area contributed by atoms with E-state index in [1.807, 2.05) is 0 Å². The normalized spacial score (nSPS) is 15.4. The quantitative estimate of drug-likeness (QED) is 0.717. The van der Waals surface area contributed by atoms with Crippen molar-refractivity contribution in [3.63, 3.8) is 0 Å². The Labute approximate surface area is 80.7 Å². The van der Waals surface area contributed by atoms with Gasteiger partial charge in [0, 0.05) is 11.3 Å². The Balaban J connectivity index is 2.51. The van der Waals surface area contributed by atoms with Crippen LogP contribution in [0.25, 0.3) is 5.57 Å². The summed E-state index contributed by atoms with van der Waals surface area (Å²) in [6.45, 7) is 3.58. The van der Waals surface area contributed by atoms with Crippen molar-refractivity contribution in [3.05, 3.63) is 54.0 Å². The molecule has 1 heterocycles. The van der Waals surface area contributed by atoms with Gasteiger partial charge in [-0.2, -0.15) is 0 Å². The zero-order valence-corrected chi connectivity index (χ0v) is 7.38. The third kappa shape index (κ3) is 1.33. The highest BCUT2D eigenvalue weighted by atomic mass is 19.1. The lowest BCUT2D eigenvalue weighted by molar-refractivity contribution is -0.114. The summed E-state index contributed by atoms with van der Waals surface area (Å²) in [5.41, 5.74) is 1.13. The number of allylic oxidation sites excluding steroid dienone is 1. The third-order valence-electron chi connectivity index (χ3n) is 2.00. The summed E-state index contributed by atoms with van der Waals surface area (Å²) < 4.78 is 13.3. The molecule has 0 aromatic heterocycles. The molecule has 14 heavy (non-hydrogen) atoms. The van der Waals surface area contributed by atoms with Crippen molar-refractivity contribution in [1.82, 2.24) is 5.32 Å². The number of hydrogen-bond acceptors (Lipinski definition) is 1. The maximum Gasteiger partial charge on any atom is 0.256 e. The van der Waals surface area contributed by atoms with Crippen LogP contribution in [0.5, 0.6) is 0 Å². The van der Waals surface area contributed by atoms with Crippen LogP contribution in [0.2, 0.25) is 0 Å². The highest BCUT2D eigenvalue weighted by Gasteiger charge is 2.20. The van der Waals surface area contributed by atoms with Gasteiger partial charge in [-0.05, 0) is 12.1 Å². The fourth-order valence-corrected chi connectivity index (χ4v) is 1.37. The van der Waals surface area contributed by atoms with Gasteiger partial charge in [0.15, 0.2) is 0 Å². The van der Waals surface area contributed by atoms with E-state index in [4.69, 9.17) is 0 Å². The molecule has 3 heteroatoms. The minimum absolute atomic E-state index is 0.305. The Morgan fingerprint density at radius 2 is 2.00 bits per heavy atom. The summed E-state index contributed by atoms with van der Waals surface area (Å²) in [5, 5.41) is 2.50. The lowest BCUT2D eigenvalue weighted by Gasteiger charge is -2.00. The van der Waals surface area contributed by atoms with Crippen LogP contribution in [0.4, 0.5) is 4.39 Å². The molecule has 1 aliphatic heterocycles. The predicted molar refractivity (Wildman–Crippen MR) is 51.7 cm³/mol. The molecule has 1 N–H and O–H groups in total. The first-order valence-electron chi connectivity index (χ1n) is 4.15. The molecule has 0 saturated carbocycles.